The van der Waals surface area contributed by atoms with Crippen LogP contribution in [-0.2, 0) is 0 Å². The molecule has 2 atom stereocenters. The standard InChI is InChI=1S/C15H32N2/c1-11(2)13-9-16-15(7,8)10-17(13)12(3)14(4,5)6/h11-13,16H,9-10H2,1-8H3. The van der Waals surface area contributed by atoms with Gasteiger partial charge in [-0.15, -0.1) is 0 Å². The Bertz CT molecular complexity index is 245. The second-order valence-corrected chi connectivity index (χ2v) is 7.79. The van der Waals surface area contributed by atoms with E-state index in [-0.39, 0.29) is 5.54 Å². The van der Waals surface area contributed by atoms with E-state index >= 15 is 0 Å². The number of nitrogens with zero attached hydrogens (tertiary/aromatic N) is 1. The molecule has 2 unspecified atom stereocenters. The molecule has 1 aliphatic heterocycles. The maximum absolute atomic E-state index is 3.68. The van der Waals surface area contributed by atoms with Crippen molar-refractivity contribution in [3.05, 3.63) is 0 Å². The molecular weight excluding hydrogens is 208 g/mol. The Kier molecular flexibility index (Phi) is 4.31. The van der Waals surface area contributed by atoms with E-state index in [4.69, 9.17) is 0 Å². The predicted molar refractivity (Wildman–Crippen MR) is 76.3 cm³/mol. The second kappa shape index (κ2) is 4.89. The van der Waals surface area contributed by atoms with Gasteiger partial charge in [-0.05, 0) is 32.1 Å². The van der Waals surface area contributed by atoms with E-state index in [1.54, 1.807) is 0 Å². The molecule has 1 N–H and O–H groups in total. The summed E-state index contributed by atoms with van der Waals surface area (Å²) in [7, 11) is 0. The molecule has 1 rings (SSSR count). The Labute approximate surface area is 108 Å². The number of hydrogen-bond donors (Lipinski definition) is 1. The lowest BCUT2D eigenvalue weighted by Crippen LogP contribution is -2.66. The zero-order valence-electron chi connectivity index (χ0n) is 13.1. The van der Waals surface area contributed by atoms with Crippen molar-refractivity contribution in [3.8, 4) is 0 Å². The summed E-state index contributed by atoms with van der Waals surface area (Å²) in [5.41, 5.74) is 0.589. The third-order valence-electron chi connectivity index (χ3n) is 4.31. The van der Waals surface area contributed by atoms with Gasteiger partial charge in [0, 0.05) is 30.7 Å². The first-order valence-corrected chi connectivity index (χ1v) is 7.05. The van der Waals surface area contributed by atoms with Gasteiger partial charge in [0.15, 0.2) is 0 Å². The molecule has 102 valence electrons. The summed E-state index contributed by atoms with van der Waals surface area (Å²) >= 11 is 0. The number of piperazine rings is 1. The highest BCUT2D eigenvalue weighted by molar-refractivity contribution is 4.97. The number of nitrogens with one attached hydrogen (secondary N) is 1. The maximum Gasteiger partial charge on any atom is 0.0253 e. The van der Waals surface area contributed by atoms with Crippen molar-refractivity contribution < 1.29 is 0 Å². The first-order chi connectivity index (χ1) is 7.54. The van der Waals surface area contributed by atoms with Crippen LogP contribution >= 0.6 is 0 Å². The van der Waals surface area contributed by atoms with Crippen LogP contribution in [0.15, 0.2) is 0 Å². The van der Waals surface area contributed by atoms with Gasteiger partial charge in [0.05, 0.1) is 0 Å². The molecule has 0 saturated carbocycles. The van der Waals surface area contributed by atoms with Crippen LogP contribution in [0.3, 0.4) is 0 Å². The third kappa shape index (κ3) is 3.69. The SMILES string of the molecule is CC(C)C1CNC(C)(C)CN1C(C)C(C)(C)C. The fourth-order valence-corrected chi connectivity index (χ4v) is 2.67. The average Bonchev–Trinajstić information content (AvgIpc) is 2.13. The molecule has 0 bridgehead atoms. The van der Waals surface area contributed by atoms with Crippen LogP contribution in [-0.4, -0.2) is 35.6 Å². The lowest BCUT2D eigenvalue weighted by Gasteiger charge is -2.51. The first kappa shape index (κ1) is 15.0. The van der Waals surface area contributed by atoms with Gasteiger partial charge in [-0.3, -0.25) is 4.90 Å². The van der Waals surface area contributed by atoms with Crippen molar-refractivity contribution >= 4 is 0 Å². The zero-order valence-corrected chi connectivity index (χ0v) is 13.1. The lowest BCUT2D eigenvalue weighted by atomic mass is 9.82. The van der Waals surface area contributed by atoms with Gasteiger partial charge in [-0.25, -0.2) is 0 Å². The smallest absolute Gasteiger partial charge is 0.0253 e. The van der Waals surface area contributed by atoms with E-state index in [1.807, 2.05) is 0 Å². The molecule has 17 heavy (non-hydrogen) atoms. The summed E-state index contributed by atoms with van der Waals surface area (Å²) in [4.78, 5) is 2.72. The molecule has 0 radical (unpaired) electrons. The van der Waals surface area contributed by atoms with Gasteiger partial charge in [0.2, 0.25) is 0 Å². The average molecular weight is 240 g/mol. The van der Waals surface area contributed by atoms with Crippen molar-refractivity contribution in [1.29, 1.82) is 0 Å². The minimum Gasteiger partial charge on any atom is -0.309 e. The van der Waals surface area contributed by atoms with Gasteiger partial charge in [0.25, 0.3) is 0 Å². The first-order valence-electron chi connectivity index (χ1n) is 7.05. The Morgan fingerprint density at radius 2 is 1.71 bits per heavy atom. The zero-order chi connectivity index (χ0) is 13.4. The Morgan fingerprint density at radius 1 is 1.18 bits per heavy atom. The molecule has 2 nitrogen and oxygen atoms in total. The number of rotatable bonds is 2. The quantitative estimate of drug-likeness (QED) is 0.798. The van der Waals surface area contributed by atoms with Crippen molar-refractivity contribution in [3.63, 3.8) is 0 Å². The van der Waals surface area contributed by atoms with Crippen LogP contribution in [0.2, 0.25) is 0 Å². The molecule has 0 amide bonds. The van der Waals surface area contributed by atoms with Gasteiger partial charge in [-0.1, -0.05) is 34.6 Å². The summed E-state index contributed by atoms with van der Waals surface area (Å²) in [5.74, 6) is 0.711. The van der Waals surface area contributed by atoms with Crippen molar-refractivity contribution in [2.75, 3.05) is 13.1 Å². The van der Waals surface area contributed by atoms with E-state index < -0.39 is 0 Å². The normalized spacial score (nSPS) is 28.4. The monoisotopic (exact) mass is 240 g/mol. The van der Waals surface area contributed by atoms with E-state index in [0.717, 1.165) is 13.1 Å². The van der Waals surface area contributed by atoms with Crippen molar-refractivity contribution in [2.24, 2.45) is 11.3 Å². The van der Waals surface area contributed by atoms with Crippen LogP contribution in [0, 0.1) is 11.3 Å². The summed E-state index contributed by atoms with van der Waals surface area (Å²) in [6.07, 6.45) is 0. The molecule has 1 saturated heterocycles. The molecular formula is C15H32N2. The highest BCUT2D eigenvalue weighted by Gasteiger charge is 2.39. The maximum atomic E-state index is 3.68. The largest absolute Gasteiger partial charge is 0.309 e. The van der Waals surface area contributed by atoms with Crippen LogP contribution in [0.5, 0.6) is 0 Å². The molecule has 1 fully saturated rings. The van der Waals surface area contributed by atoms with Crippen LogP contribution in [0.25, 0.3) is 0 Å². The third-order valence-corrected chi connectivity index (χ3v) is 4.31. The molecule has 0 aromatic rings. The highest BCUT2D eigenvalue weighted by atomic mass is 15.3. The van der Waals surface area contributed by atoms with Crippen LogP contribution < -0.4 is 5.32 Å². The van der Waals surface area contributed by atoms with Crippen LogP contribution in [0.4, 0.5) is 0 Å². The van der Waals surface area contributed by atoms with Gasteiger partial charge in [0.1, 0.15) is 0 Å². The molecule has 0 aromatic heterocycles. The predicted octanol–water partition coefficient (Wildman–Crippen LogP) is 3.13. The number of hydrogen-bond acceptors (Lipinski definition) is 2. The van der Waals surface area contributed by atoms with Crippen molar-refractivity contribution in [1.82, 2.24) is 10.2 Å². The molecule has 0 aromatic carbocycles. The minimum absolute atomic E-state index is 0.241. The summed E-state index contributed by atoms with van der Waals surface area (Å²) in [5, 5.41) is 3.68. The summed E-state index contributed by atoms with van der Waals surface area (Å²) < 4.78 is 0. The van der Waals surface area contributed by atoms with Gasteiger partial charge >= 0.3 is 0 Å². The fraction of sp³-hybridized carbons (Fsp3) is 1.00. The van der Waals surface area contributed by atoms with E-state index in [2.05, 4.69) is 65.6 Å². The second-order valence-electron chi connectivity index (χ2n) is 7.79. The molecule has 0 spiro atoms. The Balaban J connectivity index is 2.88. The fourth-order valence-electron chi connectivity index (χ4n) is 2.67. The van der Waals surface area contributed by atoms with Gasteiger partial charge < -0.3 is 5.32 Å². The van der Waals surface area contributed by atoms with E-state index in [9.17, 15) is 0 Å². The summed E-state index contributed by atoms with van der Waals surface area (Å²) in [6, 6.07) is 1.29. The highest BCUT2D eigenvalue weighted by Crippen LogP contribution is 2.30. The van der Waals surface area contributed by atoms with Gasteiger partial charge in [-0.2, -0.15) is 0 Å². The molecule has 1 aliphatic rings. The Hall–Kier alpha value is -0.0800. The molecule has 0 aliphatic carbocycles. The summed E-state index contributed by atoms with van der Waals surface area (Å²) in [6.45, 7) is 21.0. The van der Waals surface area contributed by atoms with Crippen LogP contribution in [0.1, 0.15) is 55.4 Å². The topological polar surface area (TPSA) is 15.3 Å². The van der Waals surface area contributed by atoms with Crippen molar-refractivity contribution in [2.45, 2.75) is 73.0 Å². The molecule has 2 heteroatoms. The lowest BCUT2D eigenvalue weighted by molar-refractivity contribution is -0.00154. The Morgan fingerprint density at radius 3 is 2.12 bits per heavy atom. The van der Waals surface area contributed by atoms with E-state index in [0.29, 0.717) is 23.4 Å². The minimum atomic E-state index is 0.241. The van der Waals surface area contributed by atoms with E-state index in [1.165, 1.54) is 0 Å². The molecule has 1 heterocycles.